The van der Waals surface area contributed by atoms with Crippen molar-refractivity contribution in [2.24, 2.45) is 0 Å². The third kappa shape index (κ3) is 26700. The molecular formula is CH4B3F15P-3. The summed E-state index contributed by atoms with van der Waals surface area (Å²) < 4.78 is 146. The molecule has 0 aliphatic carbocycles. The smallest absolute Gasteiger partial charge is 0.418 e. The molecule has 1 unspecified atom stereocenters. The Morgan fingerprint density at radius 1 is 0.400 bits per heavy atom. The molecule has 130 valence electrons. The number of hydrogen-bond acceptors (Lipinski definition) is 0. The molecular weight excluding hydrogens is 360 g/mol. The van der Waals surface area contributed by atoms with Crippen LogP contribution in [0.15, 0.2) is 0 Å². The summed E-state index contributed by atoms with van der Waals surface area (Å²) in [5.41, 5.74) is 0. The molecule has 0 nitrogen and oxygen atoms in total. The van der Waals surface area contributed by atoms with Gasteiger partial charge in [-0.2, -0.15) is 23.1 Å². The lowest BCUT2D eigenvalue weighted by molar-refractivity contribution is 0.00818. The van der Waals surface area contributed by atoms with Crippen LogP contribution in [0.2, 0.25) is 0 Å². The van der Waals surface area contributed by atoms with E-state index in [4.69, 9.17) is 0 Å². The fourth-order valence-electron chi connectivity index (χ4n) is 0. The topological polar surface area (TPSA) is 0 Å². The molecule has 0 heterocycles. The Kier molecular flexibility index (Phi) is 21.5. The van der Waals surface area contributed by atoms with E-state index in [-0.39, 0.29) is 9.90 Å². The van der Waals surface area contributed by atoms with Crippen LogP contribution in [-0.2, 0) is 0 Å². The number of alkyl halides is 3. The second-order valence-electron chi connectivity index (χ2n) is 1.73. The summed E-state index contributed by atoms with van der Waals surface area (Å²) in [5, 5.41) is 0. The standard InChI is InChI=1S/CHF3.3BF4.H3P/c2-1(3)4;3*2-1(3,4)5;/h1H;;;;1H3/q;3*-1;. The molecule has 0 saturated carbocycles. The van der Waals surface area contributed by atoms with Crippen LogP contribution >= 0.6 is 9.90 Å². The SMILES string of the molecule is FC(F)F.F[B-](F)(F)F.F[B-](F)(F)F.F[B-](F)(F)F.P. The van der Waals surface area contributed by atoms with E-state index in [1.807, 2.05) is 0 Å². The summed E-state index contributed by atoms with van der Waals surface area (Å²) in [6, 6.07) is 0. The molecule has 0 bridgehead atoms. The Balaban J connectivity index is -0.0000000494. The first-order valence-electron chi connectivity index (χ1n) is 3.27. The van der Waals surface area contributed by atoms with Gasteiger partial charge in [0.2, 0.25) is 0 Å². The molecule has 0 aliphatic heterocycles. The molecule has 20 heavy (non-hydrogen) atoms. The van der Waals surface area contributed by atoms with Gasteiger partial charge < -0.3 is 51.8 Å². The van der Waals surface area contributed by atoms with Crippen molar-refractivity contribution < 1.29 is 65.0 Å². The molecule has 1 atom stereocenters. The molecule has 0 N–H and O–H groups in total. The molecule has 0 amide bonds. The lowest BCUT2D eigenvalue weighted by atomic mass is 10.3. The Hall–Kier alpha value is -0.425. The quantitative estimate of drug-likeness (QED) is 0.317. The summed E-state index contributed by atoms with van der Waals surface area (Å²) in [5.74, 6) is 0. The van der Waals surface area contributed by atoms with Crippen LogP contribution in [0.1, 0.15) is 0 Å². The van der Waals surface area contributed by atoms with Crippen molar-refractivity contribution in [2.75, 3.05) is 0 Å². The van der Waals surface area contributed by atoms with E-state index in [0.717, 1.165) is 0 Å². The largest absolute Gasteiger partial charge is 0.673 e. The summed E-state index contributed by atoms with van der Waals surface area (Å²) >= 11 is 0. The van der Waals surface area contributed by atoms with Crippen LogP contribution in [0, 0.1) is 0 Å². The van der Waals surface area contributed by atoms with Gasteiger partial charge >= 0.3 is 28.4 Å². The van der Waals surface area contributed by atoms with Gasteiger partial charge in [-0.25, -0.2) is 0 Å². The van der Waals surface area contributed by atoms with Gasteiger partial charge in [-0.05, 0) is 0 Å². The molecule has 0 aromatic heterocycles. The Labute approximate surface area is 105 Å². The monoisotopic (exact) mass is 365 g/mol. The third-order valence-electron chi connectivity index (χ3n) is 0. The second kappa shape index (κ2) is 13.6. The molecule has 0 radical (unpaired) electrons. The minimum atomic E-state index is -6.00. The van der Waals surface area contributed by atoms with Gasteiger partial charge in [-0.3, -0.25) is 0 Å². The van der Waals surface area contributed by atoms with E-state index in [0.29, 0.717) is 0 Å². The van der Waals surface area contributed by atoms with Crippen molar-refractivity contribution in [2.45, 2.75) is 6.68 Å². The number of rotatable bonds is 0. The first-order chi connectivity index (χ1) is 7.73. The molecule has 19 heteroatoms. The molecule has 0 fully saturated rings. The van der Waals surface area contributed by atoms with Crippen molar-refractivity contribution in [3.63, 3.8) is 0 Å². The summed E-state index contributed by atoms with van der Waals surface area (Å²) in [6.45, 7) is -3.67. The van der Waals surface area contributed by atoms with E-state index >= 15 is 0 Å². The third-order valence-corrected chi connectivity index (χ3v) is 0. The van der Waals surface area contributed by atoms with Crippen molar-refractivity contribution in [3.8, 4) is 0 Å². The first kappa shape index (κ1) is 31.8. The molecule has 0 saturated heterocycles. The highest BCUT2D eigenvalue weighted by Crippen LogP contribution is 2.07. The minimum absolute atomic E-state index is 0. The van der Waals surface area contributed by atoms with Crippen LogP contribution in [0.4, 0.5) is 65.0 Å². The molecule has 0 aliphatic rings. The Bertz CT molecular complexity index is 128. The van der Waals surface area contributed by atoms with E-state index < -0.39 is 28.4 Å². The van der Waals surface area contributed by atoms with Crippen molar-refractivity contribution in [3.05, 3.63) is 0 Å². The lowest BCUT2D eigenvalue weighted by Crippen LogP contribution is -2.02. The van der Waals surface area contributed by atoms with Gasteiger partial charge in [0.15, 0.2) is 0 Å². The van der Waals surface area contributed by atoms with Gasteiger partial charge in [-0.15, -0.1) is 0 Å². The van der Waals surface area contributed by atoms with E-state index in [9.17, 15) is 65.0 Å². The minimum Gasteiger partial charge on any atom is -0.418 e. The zero-order valence-electron chi connectivity index (χ0n) is 8.69. The number of halogens is 15. The van der Waals surface area contributed by atoms with Gasteiger partial charge in [0.1, 0.15) is 0 Å². The van der Waals surface area contributed by atoms with Crippen LogP contribution in [0.5, 0.6) is 0 Å². The zero-order valence-corrected chi connectivity index (χ0v) is 10.1. The fourth-order valence-corrected chi connectivity index (χ4v) is 0. The average Bonchev–Trinajstić information content (AvgIpc) is 1.66. The van der Waals surface area contributed by atoms with Crippen LogP contribution < -0.4 is 0 Å². The maximum Gasteiger partial charge on any atom is 0.673 e. The van der Waals surface area contributed by atoms with Gasteiger partial charge in [0.05, 0.1) is 0 Å². The van der Waals surface area contributed by atoms with Gasteiger partial charge in [0, 0.05) is 0 Å². The molecule has 0 aromatic carbocycles. The van der Waals surface area contributed by atoms with Crippen LogP contribution in [-0.4, -0.2) is 28.4 Å². The Morgan fingerprint density at radius 2 is 0.400 bits per heavy atom. The maximum absolute atomic E-state index is 9.75. The summed E-state index contributed by atoms with van der Waals surface area (Å²) in [7, 11) is -18.0. The summed E-state index contributed by atoms with van der Waals surface area (Å²) in [6.07, 6.45) is 0. The second-order valence-corrected chi connectivity index (χ2v) is 1.73. The highest BCUT2D eigenvalue weighted by molar-refractivity contribution is 6.92. The Morgan fingerprint density at radius 3 is 0.400 bits per heavy atom. The van der Waals surface area contributed by atoms with E-state index in [1.54, 1.807) is 0 Å². The van der Waals surface area contributed by atoms with E-state index in [2.05, 4.69) is 0 Å². The average molecular weight is 364 g/mol. The first-order valence-corrected chi connectivity index (χ1v) is 3.27. The zero-order chi connectivity index (χ0) is 17.1. The maximum atomic E-state index is 9.75. The molecule has 0 aromatic rings. The van der Waals surface area contributed by atoms with Crippen LogP contribution in [0.3, 0.4) is 0 Å². The van der Waals surface area contributed by atoms with Crippen LogP contribution in [0.25, 0.3) is 0 Å². The van der Waals surface area contributed by atoms with Crippen molar-refractivity contribution >= 4 is 31.7 Å². The predicted octanol–water partition coefficient (Wildman–Crippen LogP) is 5.14. The van der Waals surface area contributed by atoms with E-state index in [1.165, 1.54) is 0 Å². The summed E-state index contributed by atoms with van der Waals surface area (Å²) in [4.78, 5) is 0. The number of hydrogen-bond donors (Lipinski definition) is 0. The van der Waals surface area contributed by atoms with Gasteiger partial charge in [0.25, 0.3) is 0 Å². The normalized spacial score (nSPS) is 10.8. The predicted molar refractivity (Wildman–Crippen MR) is 48.8 cm³/mol. The lowest BCUT2D eigenvalue weighted by Gasteiger charge is -1.94. The molecule has 0 rings (SSSR count). The fraction of sp³-hybridized carbons (Fsp3) is 1.00. The van der Waals surface area contributed by atoms with Crippen molar-refractivity contribution in [1.82, 2.24) is 0 Å². The highest BCUT2D eigenvalue weighted by Gasteiger charge is 2.21. The van der Waals surface area contributed by atoms with Crippen molar-refractivity contribution in [1.29, 1.82) is 0 Å². The van der Waals surface area contributed by atoms with Gasteiger partial charge in [-0.1, -0.05) is 0 Å². The highest BCUT2D eigenvalue weighted by atomic mass is 31.0. The molecule has 0 spiro atoms.